The van der Waals surface area contributed by atoms with Crippen molar-refractivity contribution in [3.05, 3.63) is 57.3 Å². The molecule has 2 aromatic rings. The molecule has 0 atom stereocenters. The lowest BCUT2D eigenvalue weighted by molar-refractivity contribution is 0.103. The maximum Gasteiger partial charge on any atom is 0.194 e. The van der Waals surface area contributed by atoms with E-state index >= 15 is 0 Å². The quantitative estimate of drug-likeness (QED) is 0.758. The van der Waals surface area contributed by atoms with Gasteiger partial charge in [0.25, 0.3) is 0 Å². The predicted octanol–water partition coefficient (Wildman–Crippen LogP) is 4.52. The third-order valence-corrected chi connectivity index (χ3v) is 3.15. The number of ether oxygens (including phenoxy) is 1. The van der Waals surface area contributed by atoms with Gasteiger partial charge < -0.3 is 4.74 Å². The first-order chi connectivity index (χ1) is 9.45. The maximum absolute atomic E-state index is 12.4. The molecule has 20 heavy (non-hydrogen) atoms. The van der Waals surface area contributed by atoms with Crippen LogP contribution in [0.3, 0.4) is 0 Å². The number of halogens is 2. The van der Waals surface area contributed by atoms with Crippen LogP contribution >= 0.6 is 27.5 Å². The van der Waals surface area contributed by atoms with Crippen LogP contribution in [0.4, 0.5) is 0 Å². The minimum Gasteiger partial charge on any atom is -0.489 e. The second-order valence-corrected chi connectivity index (χ2v) is 5.92. The first-order valence-electron chi connectivity index (χ1n) is 6.08. The van der Waals surface area contributed by atoms with Gasteiger partial charge in [0.05, 0.1) is 12.3 Å². The monoisotopic (exact) mass is 353 g/mol. The van der Waals surface area contributed by atoms with Crippen molar-refractivity contribution < 1.29 is 9.53 Å². The number of benzene rings is 1. The van der Waals surface area contributed by atoms with Gasteiger partial charge >= 0.3 is 0 Å². The summed E-state index contributed by atoms with van der Waals surface area (Å²) < 4.78 is 6.30. The minimum absolute atomic E-state index is 0.0301. The first-order valence-corrected chi connectivity index (χ1v) is 7.25. The Labute approximate surface area is 131 Å². The van der Waals surface area contributed by atoms with E-state index in [1.807, 2.05) is 13.8 Å². The summed E-state index contributed by atoms with van der Waals surface area (Å²) in [5, 5.41) is 0.505. The highest BCUT2D eigenvalue weighted by molar-refractivity contribution is 9.10. The Morgan fingerprint density at radius 1 is 1.20 bits per heavy atom. The Bertz CT molecular complexity index is 623. The summed E-state index contributed by atoms with van der Waals surface area (Å²) in [5.74, 6) is 0.432. The number of hydrogen-bond donors (Lipinski definition) is 0. The van der Waals surface area contributed by atoms with Gasteiger partial charge in [0.2, 0.25) is 0 Å². The molecule has 2 rings (SSSR count). The Balaban J connectivity index is 2.33. The molecule has 0 spiro atoms. The van der Waals surface area contributed by atoms with E-state index in [1.165, 1.54) is 6.20 Å². The van der Waals surface area contributed by atoms with Crippen molar-refractivity contribution in [2.75, 3.05) is 0 Å². The summed E-state index contributed by atoms with van der Waals surface area (Å²) in [5.41, 5.74) is 0.977. The van der Waals surface area contributed by atoms with Crippen molar-refractivity contribution in [1.82, 2.24) is 4.98 Å². The molecule has 104 valence electrons. The van der Waals surface area contributed by atoms with Crippen molar-refractivity contribution in [3.63, 3.8) is 0 Å². The van der Waals surface area contributed by atoms with Crippen LogP contribution in [-0.2, 0) is 0 Å². The van der Waals surface area contributed by atoms with Gasteiger partial charge in [0, 0.05) is 26.8 Å². The van der Waals surface area contributed by atoms with Crippen molar-refractivity contribution in [2.45, 2.75) is 20.0 Å². The summed E-state index contributed by atoms with van der Waals surface area (Å²) in [4.78, 5) is 16.5. The molecule has 0 saturated heterocycles. The van der Waals surface area contributed by atoms with Crippen LogP contribution in [0.25, 0.3) is 0 Å². The highest BCUT2D eigenvalue weighted by Crippen LogP contribution is 2.22. The van der Waals surface area contributed by atoms with Gasteiger partial charge in [0.15, 0.2) is 5.78 Å². The Morgan fingerprint density at radius 3 is 2.60 bits per heavy atom. The molecule has 1 heterocycles. The van der Waals surface area contributed by atoms with E-state index in [1.54, 1.807) is 30.5 Å². The molecule has 0 radical (unpaired) electrons. The predicted molar refractivity (Wildman–Crippen MR) is 82.6 cm³/mol. The third-order valence-electron chi connectivity index (χ3n) is 2.47. The summed E-state index contributed by atoms with van der Waals surface area (Å²) in [6, 6.07) is 6.77. The highest BCUT2D eigenvalue weighted by atomic mass is 79.9. The molecular formula is C15H13BrClNO2. The fraction of sp³-hybridized carbons (Fsp3) is 0.200. The lowest BCUT2D eigenvalue weighted by Crippen LogP contribution is -2.08. The fourth-order valence-corrected chi connectivity index (χ4v) is 2.59. The number of hydrogen-bond acceptors (Lipinski definition) is 3. The van der Waals surface area contributed by atoms with Gasteiger partial charge in [-0.3, -0.25) is 9.78 Å². The zero-order valence-electron chi connectivity index (χ0n) is 11.1. The largest absolute Gasteiger partial charge is 0.489 e. The van der Waals surface area contributed by atoms with Gasteiger partial charge in [-0.25, -0.2) is 0 Å². The van der Waals surface area contributed by atoms with Crippen LogP contribution in [0.15, 0.2) is 41.1 Å². The number of nitrogens with zero attached hydrogens (tertiary/aromatic N) is 1. The van der Waals surface area contributed by atoms with Crippen LogP contribution in [0.1, 0.15) is 29.8 Å². The van der Waals surface area contributed by atoms with E-state index in [9.17, 15) is 4.79 Å². The van der Waals surface area contributed by atoms with E-state index in [0.717, 1.165) is 4.47 Å². The highest BCUT2D eigenvalue weighted by Gasteiger charge is 2.12. The normalized spacial score (nSPS) is 10.7. The summed E-state index contributed by atoms with van der Waals surface area (Å²) in [7, 11) is 0. The van der Waals surface area contributed by atoms with Crippen LogP contribution in [0.5, 0.6) is 5.75 Å². The lowest BCUT2D eigenvalue weighted by Gasteiger charge is -2.10. The van der Waals surface area contributed by atoms with Crippen LogP contribution in [0.2, 0.25) is 5.02 Å². The van der Waals surface area contributed by atoms with E-state index < -0.39 is 0 Å². The maximum atomic E-state index is 12.4. The molecule has 0 aliphatic heterocycles. The van der Waals surface area contributed by atoms with Crippen molar-refractivity contribution in [3.8, 4) is 5.75 Å². The second kappa shape index (κ2) is 6.37. The SMILES string of the molecule is CC(C)Oc1cncc(C(=O)c2cc(Cl)cc(Br)c2)c1. The average molecular weight is 355 g/mol. The average Bonchev–Trinajstić information content (AvgIpc) is 2.36. The Kier molecular flexibility index (Phi) is 4.78. The lowest BCUT2D eigenvalue weighted by atomic mass is 10.1. The standard InChI is InChI=1S/C15H13BrClNO2/c1-9(2)20-14-5-11(7-18-8-14)15(19)10-3-12(16)6-13(17)4-10/h3-9H,1-2H3. The first kappa shape index (κ1) is 15.0. The molecule has 0 saturated carbocycles. The fourth-order valence-electron chi connectivity index (χ4n) is 1.73. The van der Waals surface area contributed by atoms with Crippen LogP contribution in [-0.4, -0.2) is 16.9 Å². The molecular weight excluding hydrogens is 342 g/mol. The second-order valence-electron chi connectivity index (χ2n) is 4.56. The molecule has 5 heteroatoms. The van der Waals surface area contributed by atoms with E-state index in [4.69, 9.17) is 16.3 Å². The molecule has 0 amide bonds. The molecule has 0 aliphatic rings. The van der Waals surface area contributed by atoms with Crippen LogP contribution < -0.4 is 4.74 Å². The Morgan fingerprint density at radius 2 is 1.95 bits per heavy atom. The van der Waals surface area contributed by atoms with E-state index in [-0.39, 0.29) is 11.9 Å². The van der Waals surface area contributed by atoms with Gasteiger partial charge in [-0.1, -0.05) is 27.5 Å². The zero-order chi connectivity index (χ0) is 14.7. The molecule has 0 fully saturated rings. The minimum atomic E-state index is -0.144. The van der Waals surface area contributed by atoms with Crippen molar-refractivity contribution in [2.24, 2.45) is 0 Å². The van der Waals surface area contributed by atoms with E-state index in [2.05, 4.69) is 20.9 Å². The van der Waals surface area contributed by atoms with Gasteiger partial charge in [-0.05, 0) is 38.1 Å². The molecule has 1 aromatic heterocycles. The summed E-state index contributed by atoms with van der Waals surface area (Å²) in [6.45, 7) is 3.84. The molecule has 0 N–H and O–H groups in total. The zero-order valence-corrected chi connectivity index (χ0v) is 13.4. The number of carbonyl (C=O) groups excluding carboxylic acids is 1. The topological polar surface area (TPSA) is 39.2 Å². The van der Waals surface area contributed by atoms with Gasteiger partial charge in [-0.2, -0.15) is 0 Å². The smallest absolute Gasteiger partial charge is 0.194 e. The van der Waals surface area contributed by atoms with Crippen molar-refractivity contribution in [1.29, 1.82) is 0 Å². The van der Waals surface area contributed by atoms with Crippen molar-refractivity contribution >= 4 is 33.3 Å². The molecule has 0 aliphatic carbocycles. The molecule has 0 unspecified atom stereocenters. The molecule has 1 aromatic carbocycles. The van der Waals surface area contributed by atoms with Crippen LogP contribution in [0, 0.1) is 0 Å². The Hall–Kier alpha value is -1.39. The number of carbonyl (C=O) groups is 1. The molecule has 0 bridgehead atoms. The summed E-state index contributed by atoms with van der Waals surface area (Å²) in [6.07, 6.45) is 3.14. The molecule has 3 nitrogen and oxygen atoms in total. The number of pyridine rings is 1. The number of aromatic nitrogens is 1. The van der Waals surface area contributed by atoms with Gasteiger partial charge in [0.1, 0.15) is 5.75 Å². The van der Waals surface area contributed by atoms with E-state index in [0.29, 0.717) is 21.9 Å². The summed E-state index contributed by atoms with van der Waals surface area (Å²) >= 11 is 9.28. The van der Waals surface area contributed by atoms with Gasteiger partial charge in [-0.15, -0.1) is 0 Å². The number of ketones is 1. The third kappa shape index (κ3) is 3.81. The number of rotatable bonds is 4.